The first-order chi connectivity index (χ1) is 10.7. The fourth-order valence-electron chi connectivity index (χ4n) is 2.10. The molecule has 4 nitrogen and oxygen atoms in total. The predicted octanol–water partition coefficient (Wildman–Crippen LogP) is 3.54. The van der Waals surface area contributed by atoms with Crippen molar-refractivity contribution in [1.29, 1.82) is 0 Å². The lowest BCUT2D eigenvalue weighted by molar-refractivity contribution is 0.277. The van der Waals surface area contributed by atoms with Gasteiger partial charge in [0.1, 0.15) is 6.61 Å². The Morgan fingerprint density at radius 2 is 1.91 bits per heavy atom. The van der Waals surface area contributed by atoms with Crippen molar-refractivity contribution in [3.05, 3.63) is 58.1 Å². The van der Waals surface area contributed by atoms with Crippen LogP contribution in [0.15, 0.2) is 46.9 Å². The summed E-state index contributed by atoms with van der Waals surface area (Å²) in [6, 6.07) is 13.9. The average molecular weight is 403 g/mol. The summed E-state index contributed by atoms with van der Waals surface area (Å²) < 4.78 is 12.3. The van der Waals surface area contributed by atoms with Gasteiger partial charge in [-0.2, -0.15) is 0 Å². The van der Waals surface area contributed by atoms with Crippen LogP contribution in [0.25, 0.3) is 0 Å². The van der Waals surface area contributed by atoms with Gasteiger partial charge in [0, 0.05) is 23.1 Å². The normalized spacial score (nSPS) is 10.0. The van der Waals surface area contributed by atoms with E-state index in [4.69, 9.17) is 14.6 Å². The molecule has 0 aromatic heterocycles. The highest BCUT2D eigenvalue weighted by atomic mass is 79.9. The van der Waals surface area contributed by atoms with Gasteiger partial charge in [0.05, 0.1) is 13.7 Å². The number of aliphatic hydroxyl groups is 1. The van der Waals surface area contributed by atoms with Gasteiger partial charge < -0.3 is 19.9 Å². The quantitative estimate of drug-likeness (QED) is 0.663. The molecule has 126 valence electrons. The maximum Gasteiger partial charge on any atom is 0.166 e. The van der Waals surface area contributed by atoms with E-state index in [2.05, 4.69) is 21.2 Å². The van der Waals surface area contributed by atoms with Crippen LogP contribution in [-0.4, -0.2) is 25.4 Å². The van der Waals surface area contributed by atoms with Crippen molar-refractivity contribution in [3.63, 3.8) is 0 Å². The van der Waals surface area contributed by atoms with Crippen LogP contribution in [0.1, 0.15) is 11.1 Å². The Bertz CT molecular complexity index is 596. The number of rotatable bonds is 8. The first-order valence-electron chi connectivity index (χ1n) is 7.09. The minimum atomic E-state index is 0. The summed E-state index contributed by atoms with van der Waals surface area (Å²) in [5.74, 6) is 1.41. The third kappa shape index (κ3) is 6.03. The van der Waals surface area contributed by atoms with Crippen LogP contribution in [-0.2, 0) is 13.2 Å². The molecule has 0 saturated carbocycles. The average Bonchev–Trinajstić information content (AvgIpc) is 2.54. The molecular formula is C17H21BrClNO3. The Morgan fingerprint density at radius 1 is 1.17 bits per heavy atom. The standard InChI is InChI=1S/C17H20BrNO3.ClH/c1-21-16-10-15(18)9-14(11-19-7-8-20)17(16)22-12-13-5-3-2-4-6-13;/h2-6,9-10,19-20H,7-8,11-12H2,1H3;1H. The highest BCUT2D eigenvalue weighted by Gasteiger charge is 2.13. The van der Waals surface area contributed by atoms with Crippen molar-refractivity contribution in [2.45, 2.75) is 13.2 Å². The van der Waals surface area contributed by atoms with Crippen molar-refractivity contribution in [2.75, 3.05) is 20.3 Å². The van der Waals surface area contributed by atoms with Gasteiger partial charge in [0.15, 0.2) is 11.5 Å². The van der Waals surface area contributed by atoms with E-state index >= 15 is 0 Å². The number of methoxy groups -OCH3 is 1. The maximum atomic E-state index is 8.89. The number of halogens is 2. The van der Waals surface area contributed by atoms with E-state index < -0.39 is 0 Å². The fraction of sp³-hybridized carbons (Fsp3) is 0.294. The molecule has 6 heteroatoms. The highest BCUT2D eigenvalue weighted by molar-refractivity contribution is 9.10. The van der Waals surface area contributed by atoms with Gasteiger partial charge in [0.25, 0.3) is 0 Å². The molecule has 0 aliphatic carbocycles. The summed E-state index contributed by atoms with van der Waals surface area (Å²) in [5, 5.41) is 12.1. The number of ether oxygens (including phenoxy) is 2. The second-order valence-corrected chi connectivity index (χ2v) is 5.69. The largest absolute Gasteiger partial charge is 0.493 e. The third-order valence-corrected chi connectivity index (χ3v) is 3.60. The van der Waals surface area contributed by atoms with Gasteiger partial charge in [-0.1, -0.05) is 46.3 Å². The summed E-state index contributed by atoms with van der Waals surface area (Å²) in [6.07, 6.45) is 0. The lowest BCUT2D eigenvalue weighted by atomic mass is 10.1. The van der Waals surface area contributed by atoms with Crippen molar-refractivity contribution < 1.29 is 14.6 Å². The topological polar surface area (TPSA) is 50.7 Å². The molecule has 2 aromatic rings. The van der Waals surface area contributed by atoms with E-state index in [0.717, 1.165) is 21.3 Å². The number of aliphatic hydroxyl groups excluding tert-OH is 1. The van der Waals surface area contributed by atoms with Crippen molar-refractivity contribution in [1.82, 2.24) is 5.32 Å². The molecule has 0 unspecified atom stereocenters. The fourth-order valence-corrected chi connectivity index (χ4v) is 2.59. The van der Waals surface area contributed by atoms with Crippen LogP contribution in [0.3, 0.4) is 0 Å². The van der Waals surface area contributed by atoms with E-state index in [1.165, 1.54) is 0 Å². The zero-order valence-electron chi connectivity index (χ0n) is 12.9. The summed E-state index contributed by atoms with van der Waals surface area (Å²) in [6.45, 7) is 1.71. The Labute approximate surface area is 151 Å². The second kappa shape index (κ2) is 10.5. The molecule has 0 radical (unpaired) electrons. The molecule has 0 fully saturated rings. The molecule has 0 aliphatic heterocycles. The minimum Gasteiger partial charge on any atom is -0.493 e. The Kier molecular flexibility index (Phi) is 9.02. The van der Waals surface area contributed by atoms with Gasteiger partial charge in [-0.05, 0) is 17.7 Å². The summed E-state index contributed by atoms with van der Waals surface area (Å²) in [4.78, 5) is 0. The summed E-state index contributed by atoms with van der Waals surface area (Å²) in [5.41, 5.74) is 2.08. The van der Waals surface area contributed by atoms with Crippen LogP contribution in [0, 0.1) is 0 Å². The maximum absolute atomic E-state index is 8.89. The van der Waals surface area contributed by atoms with E-state index in [9.17, 15) is 0 Å². The van der Waals surface area contributed by atoms with Gasteiger partial charge in [-0.15, -0.1) is 12.4 Å². The number of benzene rings is 2. The zero-order chi connectivity index (χ0) is 15.8. The van der Waals surface area contributed by atoms with Crippen molar-refractivity contribution in [3.8, 4) is 11.5 Å². The molecular weight excluding hydrogens is 382 g/mol. The molecule has 0 spiro atoms. The SMILES string of the molecule is COc1cc(Br)cc(CNCCO)c1OCc1ccccc1.Cl. The molecule has 0 amide bonds. The smallest absolute Gasteiger partial charge is 0.166 e. The molecule has 2 rings (SSSR count). The molecule has 0 aliphatic rings. The monoisotopic (exact) mass is 401 g/mol. The first kappa shape index (κ1) is 19.8. The second-order valence-electron chi connectivity index (χ2n) is 4.77. The third-order valence-electron chi connectivity index (χ3n) is 3.15. The lowest BCUT2D eigenvalue weighted by Gasteiger charge is -2.16. The molecule has 0 saturated heterocycles. The Balaban J connectivity index is 0.00000264. The van der Waals surface area contributed by atoms with E-state index in [-0.39, 0.29) is 19.0 Å². The first-order valence-corrected chi connectivity index (χ1v) is 7.88. The van der Waals surface area contributed by atoms with Gasteiger partial charge in [-0.3, -0.25) is 0 Å². The number of hydrogen-bond acceptors (Lipinski definition) is 4. The van der Waals surface area contributed by atoms with Crippen molar-refractivity contribution in [2.24, 2.45) is 0 Å². The molecule has 0 atom stereocenters. The van der Waals surface area contributed by atoms with Gasteiger partial charge in [-0.25, -0.2) is 0 Å². The molecule has 0 bridgehead atoms. The Morgan fingerprint density at radius 3 is 2.57 bits per heavy atom. The van der Waals surface area contributed by atoms with Gasteiger partial charge >= 0.3 is 0 Å². The van der Waals surface area contributed by atoms with Crippen molar-refractivity contribution >= 4 is 28.3 Å². The predicted molar refractivity (Wildman–Crippen MR) is 97.5 cm³/mol. The Hall–Kier alpha value is -1.27. The molecule has 2 N–H and O–H groups in total. The summed E-state index contributed by atoms with van der Waals surface area (Å²) >= 11 is 3.48. The molecule has 0 heterocycles. The van der Waals surface area contributed by atoms with E-state index in [1.807, 2.05) is 42.5 Å². The molecule has 2 aromatic carbocycles. The van der Waals surface area contributed by atoms with Crippen LogP contribution in [0.2, 0.25) is 0 Å². The zero-order valence-corrected chi connectivity index (χ0v) is 15.3. The number of hydrogen-bond donors (Lipinski definition) is 2. The van der Waals surface area contributed by atoms with Gasteiger partial charge in [0.2, 0.25) is 0 Å². The van der Waals surface area contributed by atoms with Crippen LogP contribution in [0.5, 0.6) is 11.5 Å². The number of nitrogens with one attached hydrogen (secondary N) is 1. The summed E-state index contributed by atoms with van der Waals surface area (Å²) in [7, 11) is 1.63. The van der Waals surface area contributed by atoms with E-state index in [0.29, 0.717) is 25.4 Å². The lowest BCUT2D eigenvalue weighted by Crippen LogP contribution is -2.18. The van der Waals surface area contributed by atoms with Crippen LogP contribution >= 0.6 is 28.3 Å². The van der Waals surface area contributed by atoms with E-state index in [1.54, 1.807) is 7.11 Å². The van der Waals surface area contributed by atoms with Crippen LogP contribution < -0.4 is 14.8 Å². The minimum absolute atomic E-state index is 0. The molecule has 23 heavy (non-hydrogen) atoms. The van der Waals surface area contributed by atoms with Crippen LogP contribution in [0.4, 0.5) is 0 Å². The highest BCUT2D eigenvalue weighted by Crippen LogP contribution is 2.35.